The Morgan fingerprint density at radius 1 is 1.18 bits per heavy atom. The van der Waals surface area contributed by atoms with Gasteiger partial charge < -0.3 is 15.5 Å². The third kappa shape index (κ3) is 5.07. The summed E-state index contributed by atoms with van der Waals surface area (Å²) in [6, 6.07) is 10.6. The largest absolute Gasteiger partial charge is 0.378 e. The van der Waals surface area contributed by atoms with Crippen LogP contribution in [0.2, 0.25) is 0 Å². The average molecular weight is 316 g/mol. The maximum absolute atomic E-state index is 4.62. The van der Waals surface area contributed by atoms with Crippen molar-refractivity contribution in [3.63, 3.8) is 0 Å². The van der Waals surface area contributed by atoms with E-state index in [9.17, 15) is 0 Å². The predicted molar refractivity (Wildman–Crippen MR) is 96.7 cm³/mol. The Kier molecular flexibility index (Phi) is 6.27. The number of hydrogen-bond acceptors (Lipinski definition) is 3. The van der Waals surface area contributed by atoms with E-state index in [-0.39, 0.29) is 0 Å². The van der Waals surface area contributed by atoms with E-state index in [2.05, 4.69) is 82.6 Å². The maximum atomic E-state index is 4.62. The molecule has 0 aliphatic carbocycles. The SMILES string of the molecule is CCNC(=NCc1ccsc1)NCc1cccc(N(C)C)c1. The fourth-order valence-electron chi connectivity index (χ4n) is 2.03. The number of hydrogen-bond donors (Lipinski definition) is 2. The molecular formula is C17H24N4S. The summed E-state index contributed by atoms with van der Waals surface area (Å²) in [7, 11) is 4.11. The van der Waals surface area contributed by atoms with Crippen molar-refractivity contribution >= 4 is 23.0 Å². The summed E-state index contributed by atoms with van der Waals surface area (Å²) in [5, 5.41) is 10.9. The number of guanidine groups is 1. The molecule has 0 spiro atoms. The van der Waals surface area contributed by atoms with Gasteiger partial charge in [-0.05, 0) is 47.0 Å². The number of benzene rings is 1. The molecule has 0 radical (unpaired) electrons. The molecule has 0 saturated heterocycles. The molecule has 0 saturated carbocycles. The molecule has 1 aromatic carbocycles. The van der Waals surface area contributed by atoms with Crippen LogP contribution >= 0.6 is 11.3 Å². The van der Waals surface area contributed by atoms with Crippen molar-refractivity contribution in [3.05, 3.63) is 52.2 Å². The van der Waals surface area contributed by atoms with E-state index >= 15 is 0 Å². The number of nitrogens with zero attached hydrogens (tertiary/aromatic N) is 2. The standard InChI is InChI=1S/C17H24N4S/c1-4-18-17(20-12-15-8-9-22-13-15)19-11-14-6-5-7-16(10-14)21(2)3/h5-10,13H,4,11-12H2,1-3H3,(H2,18,19,20). The molecule has 1 aromatic heterocycles. The highest BCUT2D eigenvalue weighted by atomic mass is 32.1. The molecule has 118 valence electrons. The highest BCUT2D eigenvalue weighted by molar-refractivity contribution is 7.07. The summed E-state index contributed by atoms with van der Waals surface area (Å²) >= 11 is 1.70. The normalized spacial score (nSPS) is 11.3. The topological polar surface area (TPSA) is 39.7 Å². The Morgan fingerprint density at radius 2 is 2.05 bits per heavy atom. The van der Waals surface area contributed by atoms with Crippen LogP contribution in [0, 0.1) is 0 Å². The highest BCUT2D eigenvalue weighted by Gasteiger charge is 2.01. The number of rotatable bonds is 6. The molecule has 22 heavy (non-hydrogen) atoms. The number of aliphatic imine (C=N–C) groups is 1. The number of nitrogens with one attached hydrogen (secondary N) is 2. The van der Waals surface area contributed by atoms with Crippen molar-refractivity contribution in [3.8, 4) is 0 Å². The van der Waals surface area contributed by atoms with Crippen molar-refractivity contribution in [1.29, 1.82) is 0 Å². The molecule has 2 aromatic rings. The van der Waals surface area contributed by atoms with Crippen LogP contribution < -0.4 is 15.5 Å². The quantitative estimate of drug-likeness (QED) is 0.635. The van der Waals surface area contributed by atoms with Gasteiger partial charge in [-0.2, -0.15) is 11.3 Å². The Bertz CT molecular complexity index is 590. The smallest absolute Gasteiger partial charge is 0.191 e. The van der Waals surface area contributed by atoms with Gasteiger partial charge in [0.05, 0.1) is 6.54 Å². The second kappa shape index (κ2) is 8.44. The van der Waals surface area contributed by atoms with Crippen LogP contribution in [0.25, 0.3) is 0 Å². The predicted octanol–water partition coefficient (Wildman–Crippen LogP) is 3.07. The lowest BCUT2D eigenvalue weighted by Gasteiger charge is -2.15. The van der Waals surface area contributed by atoms with Crippen LogP contribution in [0.1, 0.15) is 18.1 Å². The van der Waals surface area contributed by atoms with Crippen LogP contribution in [-0.4, -0.2) is 26.6 Å². The summed E-state index contributed by atoms with van der Waals surface area (Å²) in [6.07, 6.45) is 0. The van der Waals surface area contributed by atoms with Gasteiger partial charge in [0.25, 0.3) is 0 Å². The van der Waals surface area contributed by atoms with Gasteiger partial charge in [-0.25, -0.2) is 4.99 Å². The molecular weight excluding hydrogens is 292 g/mol. The van der Waals surface area contributed by atoms with E-state index < -0.39 is 0 Å². The summed E-state index contributed by atoms with van der Waals surface area (Å²) in [4.78, 5) is 6.73. The van der Waals surface area contributed by atoms with Gasteiger partial charge in [-0.1, -0.05) is 12.1 Å². The number of anilines is 1. The third-order valence-electron chi connectivity index (χ3n) is 3.23. The maximum Gasteiger partial charge on any atom is 0.191 e. The van der Waals surface area contributed by atoms with Gasteiger partial charge in [0.15, 0.2) is 5.96 Å². The summed E-state index contributed by atoms with van der Waals surface area (Å²) in [6.45, 7) is 4.40. The zero-order valence-electron chi connectivity index (χ0n) is 13.5. The second-order valence-electron chi connectivity index (χ2n) is 5.24. The fourth-order valence-corrected chi connectivity index (χ4v) is 2.68. The highest BCUT2D eigenvalue weighted by Crippen LogP contribution is 2.13. The van der Waals surface area contributed by atoms with Gasteiger partial charge in [0.1, 0.15) is 0 Å². The monoisotopic (exact) mass is 316 g/mol. The minimum atomic E-state index is 0.705. The zero-order valence-corrected chi connectivity index (χ0v) is 14.3. The van der Waals surface area contributed by atoms with Crippen LogP contribution in [-0.2, 0) is 13.1 Å². The van der Waals surface area contributed by atoms with E-state index in [1.54, 1.807) is 11.3 Å². The average Bonchev–Trinajstić information content (AvgIpc) is 3.03. The van der Waals surface area contributed by atoms with Crippen molar-refractivity contribution < 1.29 is 0 Å². The first-order chi connectivity index (χ1) is 10.7. The molecule has 1 heterocycles. The van der Waals surface area contributed by atoms with Gasteiger partial charge in [0.2, 0.25) is 0 Å². The van der Waals surface area contributed by atoms with E-state index in [0.717, 1.165) is 19.0 Å². The van der Waals surface area contributed by atoms with Crippen LogP contribution in [0.5, 0.6) is 0 Å². The Balaban J connectivity index is 1.96. The van der Waals surface area contributed by atoms with E-state index in [1.807, 2.05) is 0 Å². The Morgan fingerprint density at radius 3 is 2.73 bits per heavy atom. The van der Waals surface area contributed by atoms with Gasteiger partial charge >= 0.3 is 0 Å². The first-order valence-corrected chi connectivity index (χ1v) is 8.43. The summed E-state index contributed by atoms with van der Waals surface area (Å²) in [5.74, 6) is 0.851. The van der Waals surface area contributed by atoms with E-state index in [0.29, 0.717) is 6.54 Å². The Hall–Kier alpha value is -2.01. The lowest BCUT2D eigenvalue weighted by molar-refractivity contribution is 0.816. The van der Waals surface area contributed by atoms with Gasteiger partial charge in [0, 0.05) is 32.9 Å². The van der Waals surface area contributed by atoms with Crippen LogP contribution in [0.4, 0.5) is 5.69 Å². The first-order valence-electron chi connectivity index (χ1n) is 7.48. The molecule has 0 amide bonds. The minimum Gasteiger partial charge on any atom is -0.378 e. The third-order valence-corrected chi connectivity index (χ3v) is 3.96. The van der Waals surface area contributed by atoms with Crippen LogP contribution in [0.3, 0.4) is 0 Å². The van der Waals surface area contributed by atoms with Crippen molar-refractivity contribution in [2.45, 2.75) is 20.0 Å². The lowest BCUT2D eigenvalue weighted by Crippen LogP contribution is -2.36. The first kappa shape index (κ1) is 16.4. The van der Waals surface area contributed by atoms with Crippen molar-refractivity contribution in [2.75, 3.05) is 25.5 Å². The Labute approximate surface area is 136 Å². The molecule has 2 N–H and O–H groups in total. The molecule has 0 unspecified atom stereocenters. The summed E-state index contributed by atoms with van der Waals surface area (Å²) < 4.78 is 0. The molecule has 0 bridgehead atoms. The lowest BCUT2D eigenvalue weighted by atomic mass is 10.2. The summed E-state index contributed by atoms with van der Waals surface area (Å²) in [5.41, 5.74) is 3.70. The molecule has 4 nitrogen and oxygen atoms in total. The van der Waals surface area contributed by atoms with E-state index in [1.165, 1.54) is 16.8 Å². The molecule has 2 rings (SSSR count). The zero-order chi connectivity index (χ0) is 15.8. The second-order valence-corrected chi connectivity index (χ2v) is 6.02. The molecule has 0 aliphatic heterocycles. The van der Waals surface area contributed by atoms with Gasteiger partial charge in [-0.3, -0.25) is 0 Å². The molecule has 0 atom stereocenters. The van der Waals surface area contributed by atoms with E-state index in [4.69, 9.17) is 0 Å². The molecule has 0 aliphatic rings. The van der Waals surface area contributed by atoms with Crippen molar-refractivity contribution in [2.24, 2.45) is 4.99 Å². The number of thiophene rings is 1. The fraction of sp³-hybridized carbons (Fsp3) is 0.353. The van der Waals surface area contributed by atoms with Gasteiger partial charge in [-0.15, -0.1) is 0 Å². The van der Waals surface area contributed by atoms with Crippen molar-refractivity contribution in [1.82, 2.24) is 10.6 Å². The molecule has 0 fully saturated rings. The van der Waals surface area contributed by atoms with Crippen LogP contribution in [0.15, 0.2) is 46.1 Å². The minimum absolute atomic E-state index is 0.705. The molecule has 5 heteroatoms.